The Labute approximate surface area is 851 Å². The summed E-state index contributed by atoms with van der Waals surface area (Å²) in [5.41, 5.74) is 26.3. The van der Waals surface area contributed by atoms with Gasteiger partial charge in [-0.2, -0.15) is 0 Å². The Hall–Kier alpha value is -19.2. The van der Waals surface area contributed by atoms with E-state index < -0.39 is 6.04 Å². The standard InChI is InChI=1S/C45H28N2O2.C45H34N2O2.C45H28N2O2/c1-3-9-32(10-4-1)45-46-40-26-21-31-17-15-30-16-18-33(27-39(30)43(31)44(40)49-45)29-19-22-35(23-20-29)47(34-11-5-2-6-12-34)36-24-25-38-37-13-7-8-14-41(37)48-42(38)28-36;2*1-3-9-29(10-4-1)30-17-21-34(22-18-30)47(36-24-26-42-39(28-36)37-13-7-8-14-41(37)48-42)35-23-19-31-15-16-32-20-25-40-44(43(32)38(31)27-35)49-45(46-40)33-11-5-2-6-12-33/h1-28H;2,5-8,11-29H,1,3-4,9-10H2;1-28H/i;;1D,3D,4D,9D,10D. The van der Waals surface area contributed by atoms with Crippen LogP contribution in [0.25, 0.3) is 220 Å². The first-order valence-corrected chi connectivity index (χ1v) is 49.9. The van der Waals surface area contributed by atoms with E-state index in [9.17, 15) is 0 Å². The normalized spacial score (nSPS) is 12.9. The molecule has 30 rings (SSSR count). The Morgan fingerprint density at radius 2 is 0.510 bits per heavy atom. The molecule has 1 fully saturated rings. The number of benzene rings is 23. The van der Waals surface area contributed by atoms with Gasteiger partial charge in [-0.05, 0) is 295 Å². The van der Waals surface area contributed by atoms with Crippen LogP contribution in [-0.2, 0) is 0 Å². The zero-order valence-electron chi connectivity index (χ0n) is 84.5. The minimum atomic E-state index is -0.415. The molecule has 1 saturated carbocycles. The van der Waals surface area contributed by atoms with Gasteiger partial charge in [-0.1, -0.05) is 292 Å². The molecule has 0 amide bonds. The summed E-state index contributed by atoms with van der Waals surface area (Å²) in [4.78, 5) is 21.4. The first-order chi connectivity index (χ1) is 74.9. The molecule has 1 aliphatic rings. The maximum absolute atomic E-state index is 8.55. The van der Waals surface area contributed by atoms with Crippen LogP contribution in [0.3, 0.4) is 0 Å². The lowest BCUT2D eigenvalue weighted by molar-refractivity contribution is 0.443. The third-order valence-electron chi connectivity index (χ3n) is 29.1. The van der Waals surface area contributed by atoms with Crippen LogP contribution in [-0.4, -0.2) is 15.0 Å². The van der Waals surface area contributed by atoms with Crippen molar-refractivity contribution < 1.29 is 33.4 Å². The maximum Gasteiger partial charge on any atom is 0.227 e. The smallest absolute Gasteiger partial charge is 0.227 e. The SMILES string of the molecule is [2H]c1c([2H])c([2H])c(-c2ccc(N(c3ccc4oc5ccccc5c4c3)c3ccc4ccc5ccc6nc(-c7ccccc7)oc6c5c4c3)cc2)c([2H])c1[2H].c1ccc(-c2nc3ccc4ccc5ccc(-c6ccc(N(c7ccccc7)c7ccc8c(c7)oc7ccccc78)cc6)cc5c4c3o2)cc1.c1ccc(-c2nc3ccc4ccc5ccc(N(c6ccc(C7CCCCC7)cc6)c6ccc7oc8ccccc8c7c6)cc5c4c3o2)cc1. The molecular weight excluding hydrogens is 1800 g/mol. The van der Waals surface area contributed by atoms with Crippen molar-refractivity contribution in [2.45, 2.75) is 38.0 Å². The number of nitrogens with zero attached hydrogens (tertiary/aromatic N) is 6. The average Bonchev–Trinajstić information content (AvgIpc) is 1.48. The number of rotatable bonds is 15. The van der Waals surface area contributed by atoms with Crippen LogP contribution >= 0.6 is 0 Å². The Balaban J connectivity index is 0.000000109. The molecule has 696 valence electrons. The quantitative estimate of drug-likeness (QED) is 0.0907. The monoisotopic (exact) mass is 1900 g/mol. The highest BCUT2D eigenvalue weighted by atomic mass is 16.4. The number of oxazole rings is 3. The van der Waals surface area contributed by atoms with Crippen molar-refractivity contribution in [3.05, 3.63) is 485 Å². The number of hydrogen-bond acceptors (Lipinski definition) is 12. The lowest BCUT2D eigenvalue weighted by Crippen LogP contribution is -2.10. The Bertz CT molecular complexity index is 10400. The van der Waals surface area contributed by atoms with Crippen molar-refractivity contribution in [1.82, 2.24) is 15.0 Å². The van der Waals surface area contributed by atoms with Gasteiger partial charge < -0.3 is 41.2 Å². The topological polar surface area (TPSA) is 127 Å². The number of anilines is 9. The predicted molar refractivity (Wildman–Crippen MR) is 606 cm³/mol. The molecule has 1 aliphatic carbocycles. The van der Waals surface area contributed by atoms with Gasteiger partial charge >= 0.3 is 0 Å². The van der Waals surface area contributed by atoms with Gasteiger partial charge in [0.15, 0.2) is 16.7 Å². The van der Waals surface area contributed by atoms with E-state index >= 15 is 0 Å². The number of hydrogen-bond donors (Lipinski definition) is 0. The fourth-order valence-electron chi connectivity index (χ4n) is 21.9. The molecule has 0 saturated heterocycles. The fraction of sp³-hybridized carbons (Fsp3) is 0.0444. The van der Waals surface area contributed by atoms with Crippen molar-refractivity contribution in [2.24, 2.45) is 0 Å². The van der Waals surface area contributed by atoms with E-state index in [0.717, 1.165) is 243 Å². The Morgan fingerprint density at radius 1 is 0.204 bits per heavy atom. The van der Waals surface area contributed by atoms with Crippen molar-refractivity contribution >= 4 is 215 Å². The van der Waals surface area contributed by atoms with E-state index in [1.807, 2.05) is 188 Å². The first kappa shape index (κ1) is 80.5. The van der Waals surface area contributed by atoms with E-state index in [1.165, 1.54) is 37.7 Å². The summed E-state index contributed by atoms with van der Waals surface area (Å²) in [6, 6.07) is 153. The fourth-order valence-corrected chi connectivity index (χ4v) is 21.9. The van der Waals surface area contributed by atoms with Gasteiger partial charge in [-0.3, -0.25) is 0 Å². The van der Waals surface area contributed by atoms with Crippen molar-refractivity contribution in [3.8, 4) is 56.6 Å². The lowest BCUT2D eigenvalue weighted by atomic mass is 9.84. The Morgan fingerprint density at radius 3 is 0.966 bits per heavy atom. The number of para-hydroxylation sites is 4. The van der Waals surface area contributed by atoms with E-state index in [-0.39, 0.29) is 29.7 Å². The second-order valence-corrected chi connectivity index (χ2v) is 37.8. The number of furan rings is 3. The second kappa shape index (κ2) is 36.1. The number of fused-ring (bicyclic) bond motifs is 24. The van der Waals surface area contributed by atoms with Gasteiger partial charge in [0.05, 0.1) is 6.85 Å². The molecule has 23 aromatic carbocycles. The lowest BCUT2D eigenvalue weighted by Gasteiger charge is -2.27. The highest BCUT2D eigenvalue weighted by Gasteiger charge is 2.27. The summed E-state index contributed by atoms with van der Waals surface area (Å²) in [5, 5.41) is 19.5. The van der Waals surface area contributed by atoms with Crippen LogP contribution in [0.5, 0.6) is 0 Å². The maximum atomic E-state index is 8.55. The van der Waals surface area contributed by atoms with Crippen molar-refractivity contribution in [3.63, 3.8) is 0 Å². The van der Waals surface area contributed by atoms with E-state index in [4.69, 9.17) is 48.3 Å². The van der Waals surface area contributed by atoms with Gasteiger partial charge in [-0.15, -0.1) is 0 Å². The molecule has 0 unspecified atom stereocenters. The summed E-state index contributed by atoms with van der Waals surface area (Å²) in [7, 11) is 0. The molecule has 0 spiro atoms. The minimum Gasteiger partial charge on any atom is -0.456 e. The third kappa shape index (κ3) is 15.6. The summed E-state index contributed by atoms with van der Waals surface area (Å²) in [6.45, 7) is 0. The van der Waals surface area contributed by atoms with Crippen LogP contribution in [0, 0.1) is 0 Å². The largest absolute Gasteiger partial charge is 0.456 e. The first-order valence-electron chi connectivity index (χ1n) is 52.4. The van der Waals surface area contributed by atoms with E-state index in [2.05, 4.69) is 276 Å². The molecular formula is C135H90N6O6. The molecule has 6 aromatic heterocycles. The molecule has 12 heteroatoms. The zero-order chi connectivity index (χ0) is 101. The van der Waals surface area contributed by atoms with Crippen LogP contribution in [0.4, 0.5) is 51.2 Å². The molecule has 12 nitrogen and oxygen atoms in total. The summed E-state index contributed by atoms with van der Waals surface area (Å²) in [5.74, 6) is 2.49. The average molecular weight is 1900 g/mol. The summed E-state index contributed by atoms with van der Waals surface area (Å²) in [6.07, 6.45) is 6.58. The molecule has 6 heterocycles. The molecule has 0 N–H and O–H groups in total. The van der Waals surface area contributed by atoms with Crippen molar-refractivity contribution in [1.29, 1.82) is 0 Å². The summed E-state index contributed by atoms with van der Waals surface area (Å²) < 4.78 is 79.8. The van der Waals surface area contributed by atoms with Crippen LogP contribution in [0.1, 0.15) is 50.4 Å². The molecule has 0 aliphatic heterocycles. The van der Waals surface area contributed by atoms with Gasteiger partial charge in [0.2, 0.25) is 17.7 Å². The molecule has 29 aromatic rings. The number of aromatic nitrogens is 3. The van der Waals surface area contributed by atoms with Crippen LogP contribution in [0.15, 0.2) is 506 Å². The predicted octanol–water partition coefficient (Wildman–Crippen LogP) is 38.9. The highest BCUT2D eigenvalue weighted by Crippen LogP contribution is 2.49. The zero-order valence-corrected chi connectivity index (χ0v) is 79.5. The van der Waals surface area contributed by atoms with Gasteiger partial charge in [-0.25, -0.2) is 15.0 Å². The van der Waals surface area contributed by atoms with Gasteiger partial charge in [0.1, 0.15) is 50.0 Å². The second-order valence-electron chi connectivity index (χ2n) is 37.8. The van der Waals surface area contributed by atoms with Gasteiger partial charge in [0, 0.05) is 122 Å². The molecule has 147 heavy (non-hydrogen) atoms. The minimum absolute atomic E-state index is 0.161. The van der Waals surface area contributed by atoms with E-state index in [1.54, 1.807) is 0 Å². The van der Waals surface area contributed by atoms with E-state index in [0.29, 0.717) is 29.2 Å². The molecule has 0 atom stereocenters. The van der Waals surface area contributed by atoms with Crippen LogP contribution in [0.2, 0.25) is 0 Å². The van der Waals surface area contributed by atoms with Gasteiger partial charge in [0.25, 0.3) is 0 Å². The van der Waals surface area contributed by atoms with Crippen LogP contribution < -0.4 is 14.7 Å². The highest BCUT2D eigenvalue weighted by molar-refractivity contribution is 6.22. The molecule has 0 radical (unpaired) electrons. The summed E-state index contributed by atoms with van der Waals surface area (Å²) >= 11 is 0. The molecule has 0 bridgehead atoms. The third-order valence-corrected chi connectivity index (χ3v) is 29.1. The Kier molecular flexibility index (Phi) is 19.8. The van der Waals surface area contributed by atoms with Crippen molar-refractivity contribution in [2.75, 3.05) is 14.7 Å².